The Morgan fingerprint density at radius 1 is 0.604 bits per heavy atom. The van der Waals surface area contributed by atoms with Gasteiger partial charge in [-0.05, 0) is 137 Å². The predicted molar refractivity (Wildman–Crippen MR) is 210 cm³/mol. The highest BCUT2D eigenvalue weighted by molar-refractivity contribution is 6.29. The zero-order chi connectivity index (χ0) is 37.4. The summed E-state index contributed by atoms with van der Waals surface area (Å²) in [5.74, 6) is 5.31. The van der Waals surface area contributed by atoms with Crippen molar-refractivity contribution in [2.75, 3.05) is 0 Å². The number of unbranched alkanes of at least 4 members (excludes halogenated alkanes) is 4. The molecule has 6 rings (SSSR count). The van der Waals surface area contributed by atoms with Crippen molar-refractivity contribution in [3.8, 4) is 11.5 Å². The number of hydrogen-bond acceptors (Lipinski definition) is 6. The Kier molecular flexibility index (Phi) is 17.4. The van der Waals surface area contributed by atoms with E-state index in [0.717, 1.165) is 74.0 Å². The summed E-state index contributed by atoms with van der Waals surface area (Å²) in [6.07, 6.45) is 32.2. The SMILES string of the molecule is CCCCCCC[C@H]1CC[C@H]([C@H]2CC[C@H](C(=O)Oc3ccc(F)nc3)CC2)CC1.CC[C@H]1CC[C@H]([C@H]2CC[C@H](C(=O)Oc3ccc(Cl)nc3)CC2)CC1. The normalized spacial score (nSPS) is 29.0. The van der Waals surface area contributed by atoms with Gasteiger partial charge in [0.05, 0.1) is 24.2 Å². The Bertz CT molecular complexity index is 1340. The van der Waals surface area contributed by atoms with Crippen LogP contribution in [0.25, 0.3) is 0 Å². The number of esters is 2. The Hall–Kier alpha value is -2.54. The first kappa shape index (κ1) is 41.6. The second-order valence-electron chi connectivity index (χ2n) is 16.9. The number of carbonyl (C=O) groups excluding carboxylic acids is 2. The summed E-state index contributed by atoms with van der Waals surface area (Å²) in [5, 5.41) is 0.410. The molecule has 0 aromatic carbocycles. The molecule has 294 valence electrons. The quantitative estimate of drug-likeness (QED) is 0.115. The predicted octanol–water partition coefficient (Wildman–Crippen LogP) is 12.8. The van der Waals surface area contributed by atoms with E-state index in [-0.39, 0.29) is 23.8 Å². The first-order valence-corrected chi connectivity index (χ1v) is 21.8. The molecule has 0 saturated heterocycles. The Morgan fingerprint density at radius 3 is 1.49 bits per heavy atom. The molecule has 53 heavy (non-hydrogen) atoms. The molecule has 2 aromatic rings. The van der Waals surface area contributed by atoms with Crippen molar-refractivity contribution in [2.45, 2.75) is 162 Å². The van der Waals surface area contributed by atoms with E-state index in [0.29, 0.717) is 16.7 Å². The summed E-state index contributed by atoms with van der Waals surface area (Å²) in [6.45, 7) is 4.60. The molecule has 2 aromatic heterocycles. The largest absolute Gasteiger partial charge is 0.425 e. The lowest BCUT2D eigenvalue weighted by Crippen LogP contribution is -2.30. The Morgan fingerprint density at radius 2 is 1.06 bits per heavy atom. The average molecular weight is 753 g/mol. The van der Waals surface area contributed by atoms with Gasteiger partial charge >= 0.3 is 11.9 Å². The molecule has 8 heteroatoms. The van der Waals surface area contributed by atoms with E-state index in [1.165, 1.54) is 134 Å². The molecule has 2 heterocycles. The maximum Gasteiger partial charge on any atom is 0.314 e. The van der Waals surface area contributed by atoms with Gasteiger partial charge in [-0.15, -0.1) is 0 Å². The van der Waals surface area contributed by atoms with Crippen LogP contribution in [0.5, 0.6) is 11.5 Å². The van der Waals surface area contributed by atoms with Crippen molar-refractivity contribution >= 4 is 23.5 Å². The van der Waals surface area contributed by atoms with Crippen LogP contribution in [0.2, 0.25) is 5.15 Å². The number of ether oxygens (including phenoxy) is 2. The van der Waals surface area contributed by atoms with Crippen LogP contribution in [0, 0.1) is 53.3 Å². The van der Waals surface area contributed by atoms with Crippen molar-refractivity contribution < 1.29 is 23.5 Å². The summed E-state index contributed by atoms with van der Waals surface area (Å²) >= 11 is 5.75. The molecule has 0 amide bonds. The van der Waals surface area contributed by atoms with Crippen molar-refractivity contribution in [1.29, 1.82) is 0 Å². The summed E-state index contributed by atoms with van der Waals surface area (Å²) in [5.41, 5.74) is 0. The van der Waals surface area contributed by atoms with E-state index in [9.17, 15) is 14.0 Å². The summed E-state index contributed by atoms with van der Waals surface area (Å²) in [7, 11) is 0. The van der Waals surface area contributed by atoms with Crippen LogP contribution >= 0.6 is 11.6 Å². The highest BCUT2D eigenvalue weighted by Crippen LogP contribution is 2.44. The fourth-order valence-corrected chi connectivity index (χ4v) is 10.1. The maximum atomic E-state index is 12.9. The highest BCUT2D eigenvalue weighted by Gasteiger charge is 2.35. The van der Waals surface area contributed by atoms with Gasteiger partial charge in [0.25, 0.3) is 0 Å². The number of pyridine rings is 2. The second-order valence-corrected chi connectivity index (χ2v) is 17.3. The zero-order valence-electron chi connectivity index (χ0n) is 32.6. The van der Waals surface area contributed by atoms with Gasteiger partial charge in [0, 0.05) is 0 Å². The minimum atomic E-state index is -0.559. The van der Waals surface area contributed by atoms with E-state index < -0.39 is 5.95 Å². The highest BCUT2D eigenvalue weighted by atomic mass is 35.5. The standard InChI is InChI=1S/C25H38FNO2.C20H28ClNO2/c1-2-3-4-5-6-7-19-8-10-20(11-9-19)21-12-14-22(15-13-21)25(28)29-23-16-17-24(26)27-18-23;1-2-14-3-5-15(6-4-14)16-7-9-17(10-8-16)20(23)24-18-11-12-19(21)22-13-18/h16-22H,2-15H2,1H3;11-17H,2-10H2,1H3/t19-,20-,21-,22-;14-,15-,16-,17-. The van der Waals surface area contributed by atoms with Crippen molar-refractivity contribution in [3.63, 3.8) is 0 Å². The zero-order valence-corrected chi connectivity index (χ0v) is 33.4. The van der Waals surface area contributed by atoms with E-state index in [4.69, 9.17) is 21.1 Å². The lowest BCUT2D eigenvalue weighted by atomic mass is 9.68. The molecule has 0 radical (unpaired) electrons. The number of rotatable bonds is 13. The fourth-order valence-electron chi connectivity index (χ4n) is 9.95. The summed E-state index contributed by atoms with van der Waals surface area (Å²) in [6, 6.07) is 6.04. The first-order chi connectivity index (χ1) is 25.8. The van der Waals surface area contributed by atoms with Crippen LogP contribution in [0.3, 0.4) is 0 Å². The monoisotopic (exact) mass is 752 g/mol. The van der Waals surface area contributed by atoms with E-state index in [1.54, 1.807) is 12.1 Å². The van der Waals surface area contributed by atoms with Gasteiger partial charge in [0.2, 0.25) is 5.95 Å². The molecule has 0 unspecified atom stereocenters. The third kappa shape index (κ3) is 13.6. The molecule has 0 atom stereocenters. The van der Waals surface area contributed by atoms with Crippen LogP contribution in [0.1, 0.15) is 162 Å². The van der Waals surface area contributed by atoms with Crippen LogP contribution in [0.15, 0.2) is 36.7 Å². The molecule has 0 N–H and O–H groups in total. The second kappa shape index (κ2) is 22.1. The Labute approximate surface area is 324 Å². The van der Waals surface area contributed by atoms with Gasteiger partial charge in [0.1, 0.15) is 16.7 Å². The number of aromatic nitrogens is 2. The summed E-state index contributed by atoms with van der Waals surface area (Å²) in [4.78, 5) is 32.2. The third-order valence-corrected chi connectivity index (χ3v) is 13.7. The molecular weight excluding hydrogens is 687 g/mol. The molecule has 6 nitrogen and oxygen atoms in total. The number of nitrogens with zero attached hydrogens (tertiary/aromatic N) is 2. The lowest BCUT2D eigenvalue weighted by molar-refractivity contribution is -0.141. The molecule has 4 aliphatic rings. The van der Waals surface area contributed by atoms with E-state index >= 15 is 0 Å². The van der Waals surface area contributed by atoms with Gasteiger partial charge in [-0.1, -0.05) is 96.1 Å². The smallest absolute Gasteiger partial charge is 0.314 e. The molecule has 0 spiro atoms. The number of halogens is 2. The minimum absolute atomic E-state index is 0.0178. The first-order valence-electron chi connectivity index (χ1n) is 21.5. The van der Waals surface area contributed by atoms with Crippen LogP contribution in [-0.2, 0) is 9.59 Å². The van der Waals surface area contributed by atoms with Gasteiger partial charge < -0.3 is 9.47 Å². The molecule has 4 saturated carbocycles. The van der Waals surface area contributed by atoms with Crippen molar-refractivity contribution in [1.82, 2.24) is 9.97 Å². The maximum absolute atomic E-state index is 12.9. The Balaban J connectivity index is 0.000000208. The van der Waals surface area contributed by atoms with Gasteiger partial charge in [-0.2, -0.15) is 4.39 Å². The topological polar surface area (TPSA) is 78.4 Å². The third-order valence-electron chi connectivity index (χ3n) is 13.5. The molecule has 4 aliphatic carbocycles. The minimum Gasteiger partial charge on any atom is -0.425 e. The molecular formula is C45H66ClFN2O4. The van der Waals surface area contributed by atoms with Gasteiger partial charge in [0.15, 0.2) is 0 Å². The van der Waals surface area contributed by atoms with Gasteiger partial charge in [-0.25, -0.2) is 9.97 Å². The number of carbonyl (C=O) groups is 2. The van der Waals surface area contributed by atoms with E-state index in [2.05, 4.69) is 23.8 Å². The van der Waals surface area contributed by atoms with Gasteiger partial charge in [-0.3, -0.25) is 9.59 Å². The van der Waals surface area contributed by atoms with Crippen LogP contribution in [-0.4, -0.2) is 21.9 Å². The summed E-state index contributed by atoms with van der Waals surface area (Å²) < 4.78 is 23.7. The van der Waals surface area contributed by atoms with Crippen molar-refractivity contribution in [3.05, 3.63) is 47.8 Å². The average Bonchev–Trinajstić information content (AvgIpc) is 3.20. The number of hydrogen-bond donors (Lipinski definition) is 0. The lowest BCUT2D eigenvalue weighted by Gasteiger charge is -2.37. The van der Waals surface area contributed by atoms with Crippen molar-refractivity contribution in [2.24, 2.45) is 47.3 Å². The van der Waals surface area contributed by atoms with E-state index in [1.807, 2.05) is 0 Å². The molecule has 0 bridgehead atoms. The fraction of sp³-hybridized carbons (Fsp3) is 0.733. The van der Waals surface area contributed by atoms with Crippen LogP contribution in [0.4, 0.5) is 4.39 Å². The molecule has 4 fully saturated rings. The van der Waals surface area contributed by atoms with Crippen LogP contribution < -0.4 is 9.47 Å². The molecule has 0 aliphatic heterocycles.